The summed E-state index contributed by atoms with van der Waals surface area (Å²) < 4.78 is 11.7. The molecule has 0 fully saturated rings. The summed E-state index contributed by atoms with van der Waals surface area (Å²) in [7, 11) is 0. The van der Waals surface area contributed by atoms with E-state index in [4.69, 9.17) is 9.47 Å². The van der Waals surface area contributed by atoms with Crippen LogP contribution in [-0.2, 0) is 0 Å². The monoisotopic (exact) mass is 350 g/mol. The highest BCUT2D eigenvalue weighted by molar-refractivity contribution is 7.80. The molecule has 0 bridgehead atoms. The Balaban J connectivity index is 1.45. The first-order chi connectivity index (χ1) is 12.3. The Bertz CT molecular complexity index is 787. The first kappa shape index (κ1) is 17.4. The van der Waals surface area contributed by atoms with Crippen molar-refractivity contribution in [2.75, 3.05) is 13.2 Å². The molecule has 3 aromatic carbocycles. The maximum absolute atomic E-state index is 6.00. The second kappa shape index (κ2) is 9.19. The summed E-state index contributed by atoms with van der Waals surface area (Å²) in [6.45, 7) is 1.36. The minimum atomic E-state index is 0.680. The van der Waals surface area contributed by atoms with Crippen molar-refractivity contribution in [2.45, 2.75) is 17.7 Å². The lowest BCUT2D eigenvalue weighted by Gasteiger charge is -2.12. The van der Waals surface area contributed by atoms with Crippen molar-refractivity contribution >= 4 is 12.6 Å². The molecule has 0 aliphatic carbocycles. The molecular weight excluding hydrogens is 328 g/mol. The standard InChI is InChI=1S/C22H22O2S/c25-20-12-8-11-19(17-20)23-15-6-7-16-24-22-14-5-4-13-21(22)18-9-2-1-3-10-18/h1-5,8-14,17,25H,6-7,15-16H2. The van der Waals surface area contributed by atoms with Gasteiger partial charge < -0.3 is 9.47 Å². The number of ether oxygens (including phenoxy) is 2. The van der Waals surface area contributed by atoms with Crippen LogP contribution < -0.4 is 9.47 Å². The maximum atomic E-state index is 6.00. The Labute approximate surface area is 154 Å². The van der Waals surface area contributed by atoms with Gasteiger partial charge in [0.15, 0.2) is 0 Å². The molecule has 0 radical (unpaired) electrons. The van der Waals surface area contributed by atoms with Crippen LogP contribution in [0, 0.1) is 0 Å². The summed E-state index contributed by atoms with van der Waals surface area (Å²) in [4.78, 5) is 0.915. The molecule has 0 aliphatic rings. The van der Waals surface area contributed by atoms with E-state index < -0.39 is 0 Å². The lowest BCUT2D eigenvalue weighted by atomic mass is 10.1. The van der Waals surface area contributed by atoms with E-state index in [0.29, 0.717) is 13.2 Å². The molecule has 0 amide bonds. The van der Waals surface area contributed by atoms with Crippen LogP contribution >= 0.6 is 12.6 Å². The predicted molar refractivity (Wildman–Crippen MR) is 106 cm³/mol. The molecule has 0 unspecified atom stereocenters. The second-order valence-electron chi connectivity index (χ2n) is 5.76. The third-order valence-electron chi connectivity index (χ3n) is 3.85. The molecule has 25 heavy (non-hydrogen) atoms. The van der Waals surface area contributed by atoms with E-state index in [2.05, 4.69) is 30.8 Å². The van der Waals surface area contributed by atoms with E-state index in [-0.39, 0.29) is 0 Å². The van der Waals surface area contributed by atoms with Crippen molar-refractivity contribution in [1.29, 1.82) is 0 Å². The molecule has 3 heteroatoms. The van der Waals surface area contributed by atoms with Gasteiger partial charge in [-0.2, -0.15) is 0 Å². The summed E-state index contributed by atoms with van der Waals surface area (Å²) in [5.41, 5.74) is 2.30. The number of hydrogen-bond acceptors (Lipinski definition) is 3. The van der Waals surface area contributed by atoms with Gasteiger partial charge in [0.1, 0.15) is 11.5 Å². The lowest BCUT2D eigenvalue weighted by Crippen LogP contribution is -2.03. The normalized spacial score (nSPS) is 10.4. The van der Waals surface area contributed by atoms with E-state index in [1.807, 2.05) is 60.7 Å². The van der Waals surface area contributed by atoms with Crippen LogP contribution in [0.15, 0.2) is 83.8 Å². The molecule has 0 N–H and O–H groups in total. The average molecular weight is 350 g/mol. The zero-order valence-electron chi connectivity index (χ0n) is 14.1. The molecule has 2 nitrogen and oxygen atoms in total. The van der Waals surface area contributed by atoms with Crippen LogP contribution in [0.2, 0.25) is 0 Å². The third-order valence-corrected chi connectivity index (χ3v) is 4.13. The molecule has 3 aromatic rings. The maximum Gasteiger partial charge on any atom is 0.127 e. The van der Waals surface area contributed by atoms with Crippen molar-refractivity contribution in [3.63, 3.8) is 0 Å². The number of thiol groups is 1. The Morgan fingerprint density at radius 1 is 0.680 bits per heavy atom. The van der Waals surface area contributed by atoms with E-state index in [1.165, 1.54) is 5.56 Å². The van der Waals surface area contributed by atoms with Gasteiger partial charge in [0.25, 0.3) is 0 Å². The lowest BCUT2D eigenvalue weighted by molar-refractivity contribution is 0.267. The fourth-order valence-electron chi connectivity index (χ4n) is 2.60. The summed E-state index contributed by atoms with van der Waals surface area (Å²) in [6.07, 6.45) is 1.90. The second-order valence-corrected chi connectivity index (χ2v) is 6.28. The van der Waals surface area contributed by atoms with Crippen LogP contribution in [0.25, 0.3) is 11.1 Å². The van der Waals surface area contributed by atoms with Gasteiger partial charge in [0, 0.05) is 10.5 Å². The van der Waals surface area contributed by atoms with Crippen LogP contribution in [0.1, 0.15) is 12.8 Å². The van der Waals surface area contributed by atoms with Gasteiger partial charge >= 0.3 is 0 Å². The Morgan fingerprint density at radius 2 is 1.40 bits per heavy atom. The molecular formula is C22H22O2S. The number of benzene rings is 3. The zero-order valence-corrected chi connectivity index (χ0v) is 15.0. The van der Waals surface area contributed by atoms with E-state index in [0.717, 1.165) is 34.8 Å². The van der Waals surface area contributed by atoms with Gasteiger partial charge in [-0.1, -0.05) is 54.6 Å². The Morgan fingerprint density at radius 3 is 2.20 bits per heavy atom. The quantitative estimate of drug-likeness (QED) is 0.404. The van der Waals surface area contributed by atoms with E-state index >= 15 is 0 Å². The smallest absolute Gasteiger partial charge is 0.127 e. The number of hydrogen-bond donors (Lipinski definition) is 1. The van der Waals surface area contributed by atoms with Gasteiger partial charge in [-0.05, 0) is 42.7 Å². The van der Waals surface area contributed by atoms with Crippen molar-refractivity contribution in [1.82, 2.24) is 0 Å². The molecule has 128 valence electrons. The van der Waals surface area contributed by atoms with Crippen molar-refractivity contribution in [3.05, 3.63) is 78.9 Å². The van der Waals surface area contributed by atoms with Gasteiger partial charge in [-0.3, -0.25) is 0 Å². The number of para-hydroxylation sites is 1. The van der Waals surface area contributed by atoms with Gasteiger partial charge in [-0.25, -0.2) is 0 Å². The first-order valence-electron chi connectivity index (χ1n) is 8.52. The summed E-state index contributed by atoms with van der Waals surface area (Å²) in [6, 6.07) is 26.3. The first-order valence-corrected chi connectivity index (χ1v) is 8.97. The van der Waals surface area contributed by atoms with Gasteiger partial charge in [-0.15, -0.1) is 12.6 Å². The minimum Gasteiger partial charge on any atom is -0.494 e. The van der Waals surface area contributed by atoms with Crippen LogP contribution in [0.3, 0.4) is 0 Å². The fourth-order valence-corrected chi connectivity index (χ4v) is 2.81. The summed E-state index contributed by atoms with van der Waals surface area (Å²) in [5, 5.41) is 0. The highest BCUT2D eigenvalue weighted by Crippen LogP contribution is 2.29. The molecule has 0 aromatic heterocycles. The molecule has 3 rings (SSSR count). The fraction of sp³-hybridized carbons (Fsp3) is 0.182. The van der Waals surface area contributed by atoms with E-state index in [9.17, 15) is 0 Å². The third kappa shape index (κ3) is 5.30. The van der Waals surface area contributed by atoms with Crippen molar-refractivity contribution < 1.29 is 9.47 Å². The number of unbranched alkanes of at least 4 members (excludes halogenated alkanes) is 1. The molecule has 0 spiro atoms. The molecule has 0 saturated heterocycles. The average Bonchev–Trinajstić information content (AvgIpc) is 2.66. The molecule has 0 atom stereocenters. The SMILES string of the molecule is Sc1cccc(OCCCCOc2ccccc2-c2ccccc2)c1. The highest BCUT2D eigenvalue weighted by atomic mass is 32.1. The predicted octanol–water partition coefficient (Wildman–Crippen LogP) is 5.88. The summed E-state index contributed by atoms with van der Waals surface area (Å²) >= 11 is 4.31. The highest BCUT2D eigenvalue weighted by Gasteiger charge is 2.05. The van der Waals surface area contributed by atoms with E-state index in [1.54, 1.807) is 0 Å². The minimum absolute atomic E-state index is 0.680. The Hall–Kier alpha value is -2.39. The molecule has 0 saturated carbocycles. The van der Waals surface area contributed by atoms with Crippen LogP contribution in [0.5, 0.6) is 11.5 Å². The van der Waals surface area contributed by atoms with Crippen molar-refractivity contribution in [2.24, 2.45) is 0 Å². The van der Waals surface area contributed by atoms with Crippen molar-refractivity contribution in [3.8, 4) is 22.6 Å². The largest absolute Gasteiger partial charge is 0.494 e. The molecule has 0 aliphatic heterocycles. The Kier molecular flexibility index (Phi) is 6.41. The van der Waals surface area contributed by atoms with Crippen LogP contribution in [0.4, 0.5) is 0 Å². The van der Waals surface area contributed by atoms with Gasteiger partial charge in [0.05, 0.1) is 13.2 Å². The topological polar surface area (TPSA) is 18.5 Å². The zero-order chi connectivity index (χ0) is 17.3. The number of rotatable bonds is 8. The summed E-state index contributed by atoms with van der Waals surface area (Å²) in [5.74, 6) is 1.79. The van der Waals surface area contributed by atoms with Gasteiger partial charge in [0.2, 0.25) is 0 Å². The molecule has 0 heterocycles. The van der Waals surface area contributed by atoms with Crippen LogP contribution in [-0.4, -0.2) is 13.2 Å².